The van der Waals surface area contributed by atoms with E-state index in [4.69, 9.17) is 0 Å². The molecule has 4 aliphatic rings. The lowest BCUT2D eigenvalue weighted by molar-refractivity contribution is -0.134. The summed E-state index contributed by atoms with van der Waals surface area (Å²) in [6.07, 6.45) is 11.1. The number of allylic oxidation sites excluding steroid dienone is 1. The van der Waals surface area contributed by atoms with Crippen molar-refractivity contribution in [3.05, 3.63) is 11.6 Å². The van der Waals surface area contributed by atoms with Crippen LogP contribution in [0.25, 0.3) is 0 Å². The second-order valence-corrected chi connectivity index (χ2v) is 9.33. The fourth-order valence-corrected chi connectivity index (χ4v) is 7.42. The predicted molar refractivity (Wildman–Crippen MR) is 92.3 cm³/mol. The summed E-state index contributed by atoms with van der Waals surface area (Å²) >= 11 is 0. The minimum Gasteiger partial charge on any atom is -0.392 e. The van der Waals surface area contributed by atoms with Crippen LogP contribution in [0.3, 0.4) is 0 Å². The Balaban J connectivity index is 1.76. The standard InChI is InChI=1S/C21H30O3/c1-20-10-3-4-14(20)13-5-6-16-18(23)8-7-17(19(24)12-22)21(16,2)15(13)9-11-20/h7,12-16,18,23H,3-6,8-11H2,1-2H3/t13-,14-,15-,16?,18?,20-,21+/m0/s1. The highest BCUT2D eigenvalue weighted by Gasteiger charge is 2.60. The van der Waals surface area contributed by atoms with Crippen molar-refractivity contribution in [3.63, 3.8) is 0 Å². The molecule has 0 spiro atoms. The second kappa shape index (κ2) is 5.52. The number of aliphatic hydroxyl groups excluding tert-OH is 1. The van der Waals surface area contributed by atoms with Crippen molar-refractivity contribution >= 4 is 12.1 Å². The van der Waals surface area contributed by atoms with Gasteiger partial charge in [0, 0.05) is 11.0 Å². The van der Waals surface area contributed by atoms with E-state index in [1.165, 1.54) is 32.1 Å². The molecule has 3 heteroatoms. The van der Waals surface area contributed by atoms with E-state index < -0.39 is 0 Å². The normalized spacial score (nSPS) is 50.3. The molecule has 3 saturated carbocycles. The van der Waals surface area contributed by atoms with Crippen LogP contribution in [0.4, 0.5) is 0 Å². The first kappa shape index (κ1) is 16.5. The highest BCUT2D eigenvalue weighted by molar-refractivity contribution is 6.33. The van der Waals surface area contributed by atoms with Gasteiger partial charge >= 0.3 is 0 Å². The second-order valence-electron chi connectivity index (χ2n) is 9.33. The van der Waals surface area contributed by atoms with Crippen molar-refractivity contribution in [2.45, 2.75) is 71.3 Å². The number of fused-ring (bicyclic) bond motifs is 5. The Hall–Kier alpha value is -0.960. The molecule has 0 saturated heterocycles. The molecular formula is C21H30O3. The lowest BCUT2D eigenvalue weighted by Crippen LogP contribution is -2.56. The first-order valence-electron chi connectivity index (χ1n) is 9.80. The Bertz CT molecular complexity index is 594. The molecule has 4 aliphatic carbocycles. The van der Waals surface area contributed by atoms with Crippen molar-refractivity contribution in [1.29, 1.82) is 0 Å². The molecule has 0 aliphatic heterocycles. The third-order valence-corrected chi connectivity index (χ3v) is 8.55. The van der Waals surface area contributed by atoms with Gasteiger partial charge in [-0.3, -0.25) is 9.59 Å². The summed E-state index contributed by atoms with van der Waals surface area (Å²) in [6.45, 7) is 4.65. The van der Waals surface area contributed by atoms with Crippen LogP contribution in [-0.2, 0) is 9.59 Å². The fourth-order valence-electron chi connectivity index (χ4n) is 7.42. The number of carbonyl (C=O) groups excluding carboxylic acids is 2. The number of hydrogen-bond acceptors (Lipinski definition) is 3. The number of hydrogen-bond donors (Lipinski definition) is 1. The van der Waals surface area contributed by atoms with E-state index in [9.17, 15) is 14.7 Å². The van der Waals surface area contributed by atoms with Crippen LogP contribution < -0.4 is 0 Å². The van der Waals surface area contributed by atoms with Crippen molar-refractivity contribution in [1.82, 2.24) is 0 Å². The molecule has 0 aromatic carbocycles. The zero-order valence-corrected chi connectivity index (χ0v) is 15.0. The van der Waals surface area contributed by atoms with E-state index in [1.807, 2.05) is 6.08 Å². The fraction of sp³-hybridized carbons (Fsp3) is 0.810. The van der Waals surface area contributed by atoms with Crippen LogP contribution >= 0.6 is 0 Å². The largest absolute Gasteiger partial charge is 0.392 e. The molecule has 0 amide bonds. The van der Waals surface area contributed by atoms with Gasteiger partial charge in [0.25, 0.3) is 0 Å². The topological polar surface area (TPSA) is 54.4 Å². The maximum absolute atomic E-state index is 12.4. The molecule has 3 fully saturated rings. The number of aliphatic hydroxyl groups is 1. The summed E-state index contributed by atoms with van der Waals surface area (Å²) in [5.74, 6) is 1.64. The molecule has 4 rings (SSSR count). The zero-order chi connectivity index (χ0) is 17.1. The lowest BCUT2D eigenvalue weighted by atomic mass is 9.44. The molecule has 0 bridgehead atoms. The summed E-state index contributed by atoms with van der Waals surface area (Å²) in [4.78, 5) is 23.6. The molecular weight excluding hydrogens is 300 g/mol. The lowest BCUT2D eigenvalue weighted by Gasteiger charge is -2.60. The third-order valence-electron chi connectivity index (χ3n) is 8.55. The molecule has 0 aromatic rings. The smallest absolute Gasteiger partial charge is 0.221 e. The minimum atomic E-state index is -0.365. The molecule has 2 unspecified atom stereocenters. The molecule has 0 aromatic heterocycles. The Kier molecular flexibility index (Phi) is 3.80. The average Bonchev–Trinajstić information content (AvgIpc) is 2.96. The van der Waals surface area contributed by atoms with Gasteiger partial charge in [-0.2, -0.15) is 0 Å². The van der Waals surface area contributed by atoms with E-state index >= 15 is 0 Å². The number of aldehydes is 1. The van der Waals surface area contributed by atoms with Crippen LogP contribution in [-0.4, -0.2) is 23.3 Å². The zero-order valence-electron chi connectivity index (χ0n) is 15.0. The van der Waals surface area contributed by atoms with E-state index in [0.717, 1.165) is 18.8 Å². The van der Waals surface area contributed by atoms with E-state index in [1.54, 1.807) is 0 Å². The van der Waals surface area contributed by atoms with Crippen LogP contribution in [0.15, 0.2) is 11.6 Å². The van der Waals surface area contributed by atoms with Crippen molar-refractivity contribution < 1.29 is 14.7 Å². The monoisotopic (exact) mass is 330 g/mol. The molecule has 24 heavy (non-hydrogen) atoms. The Morgan fingerprint density at radius 3 is 2.67 bits per heavy atom. The Labute approximate surface area is 144 Å². The summed E-state index contributed by atoms with van der Waals surface area (Å²) in [6, 6.07) is 0. The Morgan fingerprint density at radius 2 is 1.92 bits per heavy atom. The Morgan fingerprint density at radius 1 is 1.12 bits per heavy atom. The summed E-state index contributed by atoms with van der Waals surface area (Å²) in [5.41, 5.74) is 0.877. The molecule has 0 heterocycles. The van der Waals surface area contributed by atoms with Crippen LogP contribution in [0.1, 0.15) is 65.2 Å². The number of carbonyl (C=O) groups is 2. The van der Waals surface area contributed by atoms with Gasteiger partial charge in [-0.25, -0.2) is 0 Å². The van der Waals surface area contributed by atoms with Crippen LogP contribution in [0, 0.1) is 34.5 Å². The SMILES string of the molecule is C[C@@]12CCC[C@H]1[C@@H]1CCC3C(O)CC=C(C(=O)C=O)[C@]3(C)[C@H]1CC2. The van der Waals surface area contributed by atoms with E-state index in [-0.39, 0.29) is 23.2 Å². The van der Waals surface area contributed by atoms with Gasteiger partial charge < -0.3 is 5.11 Å². The van der Waals surface area contributed by atoms with Gasteiger partial charge in [0.1, 0.15) is 0 Å². The van der Waals surface area contributed by atoms with Crippen molar-refractivity contribution in [2.75, 3.05) is 0 Å². The van der Waals surface area contributed by atoms with Crippen LogP contribution in [0.5, 0.6) is 0 Å². The van der Waals surface area contributed by atoms with Gasteiger partial charge in [0.15, 0.2) is 6.29 Å². The van der Waals surface area contributed by atoms with Crippen molar-refractivity contribution in [2.24, 2.45) is 34.5 Å². The number of ketones is 1. The van der Waals surface area contributed by atoms with Gasteiger partial charge in [0.2, 0.25) is 5.78 Å². The van der Waals surface area contributed by atoms with E-state index in [0.29, 0.717) is 35.5 Å². The van der Waals surface area contributed by atoms with Gasteiger partial charge in [-0.1, -0.05) is 26.3 Å². The highest BCUT2D eigenvalue weighted by Crippen LogP contribution is 2.66. The minimum absolute atomic E-state index is 0.133. The van der Waals surface area contributed by atoms with Crippen LogP contribution in [0.2, 0.25) is 0 Å². The maximum atomic E-state index is 12.4. The quantitative estimate of drug-likeness (QED) is 0.620. The molecule has 1 N–H and O–H groups in total. The highest BCUT2D eigenvalue weighted by atomic mass is 16.3. The molecule has 7 atom stereocenters. The summed E-state index contributed by atoms with van der Waals surface area (Å²) < 4.78 is 0. The first-order chi connectivity index (χ1) is 11.4. The molecule has 132 valence electrons. The third kappa shape index (κ3) is 2.06. The van der Waals surface area contributed by atoms with Gasteiger partial charge in [-0.05, 0) is 74.0 Å². The van der Waals surface area contributed by atoms with Crippen molar-refractivity contribution in [3.8, 4) is 0 Å². The summed E-state index contributed by atoms with van der Waals surface area (Å²) in [5, 5.41) is 10.6. The van der Waals surface area contributed by atoms with Gasteiger partial charge in [-0.15, -0.1) is 0 Å². The molecule has 0 radical (unpaired) electrons. The number of rotatable bonds is 2. The first-order valence-corrected chi connectivity index (χ1v) is 9.80. The maximum Gasteiger partial charge on any atom is 0.221 e. The predicted octanol–water partition coefficient (Wildman–Crippen LogP) is 3.69. The van der Waals surface area contributed by atoms with Gasteiger partial charge in [0.05, 0.1) is 6.10 Å². The molecule has 3 nitrogen and oxygen atoms in total. The van der Waals surface area contributed by atoms with E-state index in [2.05, 4.69) is 13.8 Å². The number of Topliss-reactive ketones (excluding diaryl/α,β-unsaturated/α-hetero) is 1. The average molecular weight is 330 g/mol. The summed E-state index contributed by atoms with van der Waals surface area (Å²) in [7, 11) is 0.